The van der Waals surface area contributed by atoms with Crippen LogP contribution in [0.3, 0.4) is 0 Å². The van der Waals surface area contributed by atoms with E-state index in [-0.39, 0.29) is 5.56 Å². The number of nitrogens with zero attached hydrogens (tertiary/aromatic N) is 1. The first-order chi connectivity index (χ1) is 8.63. The average Bonchev–Trinajstić information content (AvgIpc) is 2.41. The van der Waals surface area contributed by atoms with E-state index in [4.69, 9.17) is 4.74 Å². The van der Waals surface area contributed by atoms with Crippen molar-refractivity contribution in [3.05, 3.63) is 35.4 Å². The van der Waals surface area contributed by atoms with Gasteiger partial charge in [0.2, 0.25) is 0 Å². The fourth-order valence-electron chi connectivity index (χ4n) is 2.16. The van der Waals surface area contributed by atoms with E-state index in [1.165, 1.54) is 12.1 Å². The van der Waals surface area contributed by atoms with Crippen molar-refractivity contribution < 1.29 is 18.6 Å². The maximum atomic E-state index is 13.6. The molecule has 18 heavy (non-hydrogen) atoms. The first kappa shape index (κ1) is 13.4. The Morgan fingerprint density at radius 1 is 1.50 bits per heavy atom. The van der Waals surface area contributed by atoms with Gasteiger partial charge in [-0.1, -0.05) is 19.1 Å². The van der Waals surface area contributed by atoms with Crippen LogP contribution in [0, 0.1) is 11.6 Å². The lowest BCUT2D eigenvalue weighted by atomic mass is 10.0. The van der Waals surface area contributed by atoms with Crippen LogP contribution in [0.4, 0.5) is 8.78 Å². The highest BCUT2D eigenvalue weighted by Crippen LogP contribution is 2.25. The molecule has 0 radical (unpaired) electrons. The third-order valence-corrected chi connectivity index (χ3v) is 3.28. The maximum Gasteiger partial charge on any atom is 0.164 e. The predicted octanol–water partition coefficient (Wildman–Crippen LogP) is 1.72. The molecule has 1 fully saturated rings. The van der Waals surface area contributed by atoms with Crippen LogP contribution in [0.5, 0.6) is 0 Å². The number of aliphatic hydroxyl groups excluding tert-OH is 1. The molecule has 1 heterocycles. The molecule has 1 aromatic carbocycles. The van der Waals surface area contributed by atoms with Gasteiger partial charge in [0.15, 0.2) is 11.6 Å². The standard InChI is InChI=1S/C13H17F2NO2/c1-2-16-6-7-18-11(8-16)13(17)9-4-3-5-10(14)12(9)15/h3-5,11,13,17H,2,6-8H2,1H3. The molecule has 2 unspecified atom stereocenters. The first-order valence-corrected chi connectivity index (χ1v) is 6.09. The van der Waals surface area contributed by atoms with Crippen LogP contribution < -0.4 is 0 Å². The third-order valence-electron chi connectivity index (χ3n) is 3.28. The summed E-state index contributed by atoms with van der Waals surface area (Å²) >= 11 is 0. The van der Waals surface area contributed by atoms with Crippen molar-refractivity contribution in [1.82, 2.24) is 4.90 Å². The van der Waals surface area contributed by atoms with Crippen LogP contribution in [0.25, 0.3) is 0 Å². The average molecular weight is 257 g/mol. The zero-order chi connectivity index (χ0) is 13.1. The number of ether oxygens (including phenoxy) is 1. The molecule has 0 aliphatic carbocycles. The molecule has 0 saturated carbocycles. The maximum absolute atomic E-state index is 13.6. The van der Waals surface area contributed by atoms with E-state index >= 15 is 0 Å². The quantitative estimate of drug-likeness (QED) is 0.895. The number of morpholine rings is 1. The molecule has 0 amide bonds. The third kappa shape index (κ3) is 2.68. The van der Waals surface area contributed by atoms with Gasteiger partial charge in [-0.2, -0.15) is 0 Å². The van der Waals surface area contributed by atoms with Crippen molar-refractivity contribution in [2.75, 3.05) is 26.2 Å². The van der Waals surface area contributed by atoms with Crippen molar-refractivity contribution >= 4 is 0 Å². The van der Waals surface area contributed by atoms with Crippen LogP contribution in [0.1, 0.15) is 18.6 Å². The highest BCUT2D eigenvalue weighted by molar-refractivity contribution is 5.22. The van der Waals surface area contributed by atoms with Crippen molar-refractivity contribution in [3.8, 4) is 0 Å². The molecule has 2 atom stereocenters. The number of halogens is 2. The summed E-state index contributed by atoms with van der Waals surface area (Å²) in [7, 11) is 0. The Morgan fingerprint density at radius 3 is 3.00 bits per heavy atom. The minimum absolute atomic E-state index is 0.0436. The molecule has 0 spiro atoms. The van der Waals surface area contributed by atoms with Crippen molar-refractivity contribution in [2.45, 2.75) is 19.1 Å². The van der Waals surface area contributed by atoms with E-state index in [0.29, 0.717) is 13.2 Å². The summed E-state index contributed by atoms with van der Waals surface area (Å²) < 4.78 is 32.1. The minimum Gasteiger partial charge on any atom is -0.386 e. The number of rotatable bonds is 3. The number of benzene rings is 1. The van der Waals surface area contributed by atoms with E-state index in [0.717, 1.165) is 19.2 Å². The highest BCUT2D eigenvalue weighted by atomic mass is 19.2. The Morgan fingerprint density at radius 2 is 2.28 bits per heavy atom. The lowest BCUT2D eigenvalue weighted by Gasteiger charge is -2.34. The molecule has 0 bridgehead atoms. The van der Waals surface area contributed by atoms with Gasteiger partial charge in [0.25, 0.3) is 0 Å². The van der Waals surface area contributed by atoms with E-state index in [2.05, 4.69) is 4.90 Å². The summed E-state index contributed by atoms with van der Waals surface area (Å²) in [5.41, 5.74) is -0.0436. The van der Waals surface area contributed by atoms with Crippen molar-refractivity contribution in [1.29, 1.82) is 0 Å². The molecule has 1 aliphatic rings. The van der Waals surface area contributed by atoms with Crippen molar-refractivity contribution in [3.63, 3.8) is 0 Å². The minimum atomic E-state index is -1.14. The van der Waals surface area contributed by atoms with Crippen molar-refractivity contribution in [2.24, 2.45) is 0 Å². The first-order valence-electron chi connectivity index (χ1n) is 6.09. The zero-order valence-electron chi connectivity index (χ0n) is 10.3. The van der Waals surface area contributed by atoms with Gasteiger partial charge in [-0.3, -0.25) is 4.90 Å². The molecule has 1 N–H and O–H groups in total. The second-order valence-electron chi connectivity index (χ2n) is 4.39. The molecule has 5 heteroatoms. The lowest BCUT2D eigenvalue weighted by molar-refractivity contribution is -0.0898. The second-order valence-corrected chi connectivity index (χ2v) is 4.39. The molecule has 0 aromatic heterocycles. The van der Waals surface area contributed by atoms with Gasteiger partial charge < -0.3 is 9.84 Å². The largest absolute Gasteiger partial charge is 0.386 e. The topological polar surface area (TPSA) is 32.7 Å². The number of aliphatic hydroxyl groups is 1. The normalized spacial score (nSPS) is 23.0. The van der Waals surface area contributed by atoms with Gasteiger partial charge >= 0.3 is 0 Å². The predicted molar refractivity (Wildman–Crippen MR) is 63.2 cm³/mol. The number of hydrogen-bond donors (Lipinski definition) is 1. The van der Waals surface area contributed by atoms with Gasteiger partial charge in [-0.05, 0) is 12.6 Å². The Hall–Kier alpha value is -1.04. The summed E-state index contributed by atoms with van der Waals surface area (Å²) in [5, 5.41) is 10.1. The molecule has 1 aromatic rings. The van der Waals surface area contributed by atoms with Gasteiger partial charge in [-0.15, -0.1) is 0 Å². The van der Waals surface area contributed by atoms with E-state index in [9.17, 15) is 13.9 Å². The molecule has 3 nitrogen and oxygen atoms in total. The van der Waals surface area contributed by atoms with Crippen LogP contribution in [0.15, 0.2) is 18.2 Å². The second kappa shape index (κ2) is 5.73. The Bertz CT molecular complexity index is 414. The van der Waals surface area contributed by atoms with E-state index < -0.39 is 23.8 Å². The summed E-state index contributed by atoms with van der Waals surface area (Å²) in [6.45, 7) is 4.67. The fourth-order valence-corrected chi connectivity index (χ4v) is 2.16. The summed E-state index contributed by atoms with van der Waals surface area (Å²) in [4.78, 5) is 2.11. The highest BCUT2D eigenvalue weighted by Gasteiger charge is 2.29. The molecular formula is C13H17F2NO2. The molecule has 2 rings (SSSR count). The van der Waals surface area contributed by atoms with Gasteiger partial charge in [0.05, 0.1) is 6.61 Å². The fraction of sp³-hybridized carbons (Fsp3) is 0.538. The lowest BCUT2D eigenvalue weighted by Crippen LogP contribution is -2.45. The Kier molecular flexibility index (Phi) is 4.27. The molecule has 100 valence electrons. The van der Waals surface area contributed by atoms with Gasteiger partial charge in [0.1, 0.15) is 12.2 Å². The summed E-state index contributed by atoms with van der Waals surface area (Å²) in [6, 6.07) is 3.81. The van der Waals surface area contributed by atoms with Crippen LogP contribution in [-0.4, -0.2) is 42.4 Å². The molecule has 1 saturated heterocycles. The van der Waals surface area contributed by atoms with Crippen LogP contribution in [0.2, 0.25) is 0 Å². The van der Waals surface area contributed by atoms with E-state index in [1.54, 1.807) is 0 Å². The SMILES string of the molecule is CCN1CCOC(C(O)c2cccc(F)c2F)C1. The Labute approximate surface area is 105 Å². The monoisotopic (exact) mass is 257 g/mol. The van der Waals surface area contributed by atoms with Crippen LogP contribution in [-0.2, 0) is 4.74 Å². The van der Waals surface area contributed by atoms with Crippen LogP contribution >= 0.6 is 0 Å². The van der Waals surface area contributed by atoms with Gasteiger partial charge in [0, 0.05) is 18.7 Å². The van der Waals surface area contributed by atoms with Gasteiger partial charge in [-0.25, -0.2) is 8.78 Å². The smallest absolute Gasteiger partial charge is 0.164 e. The summed E-state index contributed by atoms with van der Waals surface area (Å²) in [5.74, 6) is -1.95. The zero-order valence-corrected chi connectivity index (χ0v) is 10.3. The molecule has 1 aliphatic heterocycles. The number of hydrogen-bond acceptors (Lipinski definition) is 3. The molecular weight excluding hydrogens is 240 g/mol. The van der Waals surface area contributed by atoms with E-state index in [1.807, 2.05) is 6.92 Å². The number of likely N-dealkylation sites (N-methyl/N-ethyl adjacent to an activating group) is 1. The summed E-state index contributed by atoms with van der Waals surface area (Å²) in [6.07, 6.45) is -1.66. The Balaban J connectivity index is 2.15.